The highest BCUT2D eigenvalue weighted by Crippen LogP contribution is 2.09. The molecule has 0 aliphatic rings. The number of aliphatic hydroxyl groups is 1. The fourth-order valence-corrected chi connectivity index (χ4v) is 1.32. The van der Waals surface area contributed by atoms with E-state index >= 15 is 0 Å². The highest BCUT2D eigenvalue weighted by molar-refractivity contribution is 5.35. The number of nitrogens with zero attached hydrogens (tertiary/aromatic N) is 1. The summed E-state index contributed by atoms with van der Waals surface area (Å²) in [5, 5.41) is 12.9. The minimum atomic E-state index is -0.308. The molecule has 2 N–H and O–H groups in total. The molecule has 84 valence electrons. The van der Waals surface area contributed by atoms with Crippen molar-refractivity contribution < 1.29 is 5.11 Å². The molecular weight excluding hydrogens is 188 g/mol. The Labute approximate surface area is 91.5 Å². The van der Waals surface area contributed by atoms with E-state index in [2.05, 4.69) is 24.1 Å². The van der Waals surface area contributed by atoms with Crippen LogP contribution in [0.25, 0.3) is 0 Å². The smallest absolute Gasteiger partial charge is 0.126 e. The number of pyridine rings is 1. The van der Waals surface area contributed by atoms with Gasteiger partial charge in [-0.15, -0.1) is 0 Å². The molecule has 3 nitrogen and oxygen atoms in total. The number of aromatic nitrogens is 1. The average molecular weight is 208 g/mol. The maximum absolute atomic E-state index is 9.76. The number of aliphatic hydroxyl groups excluding tert-OH is 1. The van der Waals surface area contributed by atoms with Gasteiger partial charge in [0.15, 0.2) is 0 Å². The summed E-state index contributed by atoms with van der Waals surface area (Å²) in [5.74, 6) is 1.15. The molecule has 0 aromatic carbocycles. The van der Waals surface area contributed by atoms with E-state index in [1.165, 1.54) is 0 Å². The highest BCUT2D eigenvalue weighted by Gasteiger charge is 2.11. The lowest BCUT2D eigenvalue weighted by Gasteiger charge is -2.17. The predicted octanol–water partition coefficient (Wildman–Crippen LogP) is 2.21. The third-order valence-corrected chi connectivity index (χ3v) is 2.68. The van der Waals surface area contributed by atoms with E-state index in [0.29, 0.717) is 12.5 Å². The van der Waals surface area contributed by atoms with Crippen LogP contribution in [-0.4, -0.2) is 22.7 Å². The lowest BCUT2D eigenvalue weighted by molar-refractivity contribution is 0.126. The zero-order valence-corrected chi connectivity index (χ0v) is 9.70. The summed E-state index contributed by atoms with van der Waals surface area (Å²) in [6.07, 6.45) is 0.682. The predicted molar refractivity (Wildman–Crippen MR) is 62.9 cm³/mol. The first-order valence-corrected chi connectivity index (χ1v) is 5.49. The number of aryl methyl sites for hydroxylation is 1. The molecule has 1 aromatic rings. The van der Waals surface area contributed by atoms with Crippen molar-refractivity contribution in [2.75, 3.05) is 11.9 Å². The molecule has 0 aliphatic carbocycles. The lowest BCUT2D eigenvalue weighted by Crippen LogP contribution is -2.26. The van der Waals surface area contributed by atoms with Gasteiger partial charge in [-0.1, -0.05) is 26.3 Å². The van der Waals surface area contributed by atoms with Crippen LogP contribution in [0.2, 0.25) is 0 Å². The molecule has 0 amide bonds. The summed E-state index contributed by atoms with van der Waals surface area (Å²) in [6, 6.07) is 5.83. The van der Waals surface area contributed by atoms with E-state index in [1.54, 1.807) is 0 Å². The maximum atomic E-state index is 9.76. The van der Waals surface area contributed by atoms with Crippen LogP contribution in [0, 0.1) is 12.8 Å². The lowest BCUT2D eigenvalue weighted by atomic mass is 10.0. The normalized spacial score (nSPS) is 14.7. The molecule has 2 unspecified atom stereocenters. The molecule has 0 saturated heterocycles. The number of rotatable bonds is 5. The van der Waals surface area contributed by atoms with Gasteiger partial charge in [-0.25, -0.2) is 4.98 Å². The third kappa shape index (κ3) is 3.88. The first kappa shape index (κ1) is 12.0. The molecule has 1 aromatic heterocycles. The van der Waals surface area contributed by atoms with Gasteiger partial charge in [0.1, 0.15) is 5.82 Å². The maximum Gasteiger partial charge on any atom is 0.126 e. The summed E-state index contributed by atoms with van der Waals surface area (Å²) >= 11 is 0. The van der Waals surface area contributed by atoms with E-state index in [1.807, 2.05) is 25.1 Å². The van der Waals surface area contributed by atoms with Crippen LogP contribution in [0.15, 0.2) is 18.2 Å². The second-order valence-corrected chi connectivity index (χ2v) is 4.00. The Kier molecular flexibility index (Phi) is 4.56. The Morgan fingerprint density at radius 1 is 1.47 bits per heavy atom. The van der Waals surface area contributed by atoms with Crippen molar-refractivity contribution in [1.82, 2.24) is 4.98 Å². The number of hydrogen-bond donors (Lipinski definition) is 2. The van der Waals surface area contributed by atoms with Crippen LogP contribution in [0.5, 0.6) is 0 Å². The fraction of sp³-hybridized carbons (Fsp3) is 0.583. The average Bonchev–Trinajstić information content (AvgIpc) is 2.25. The zero-order valence-electron chi connectivity index (χ0n) is 9.70. The molecular formula is C12H20N2O. The van der Waals surface area contributed by atoms with Crippen LogP contribution < -0.4 is 5.32 Å². The Morgan fingerprint density at radius 2 is 2.20 bits per heavy atom. The van der Waals surface area contributed by atoms with E-state index < -0.39 is 0 Å². The fourth-order valence-electron chi connectivity index (χ4n) is 1.32. The molecule has 0 bridgehead atoms. The minimum Gasteiger partial charge on any atom is -0.391 e. The topological polar surface area (TPSA) is 45.1 Å². The quantitative estimate of drug-likeness (QED) is 0.779. The van der Waals surface area contributed by atoms with Gasteiger partial charge >= 0.3 is 0 Å². The Bertz CT molecular complexity index is 301. The molecule has 0 saturated carbocycles. The van der Waals surface area contributed by atoms with Crippen LogP contribution in [0.4, 0.5) is 5.82 Å². The van der Waals surface area contributed by atoms with Crippen molar-refractivity contribution in [2.45, 2.75) is 33.3 Å². The SMILES string of the molecule is CCC(C)C(O)CNc1cccc(C)n1. The van der Waals surface area contributed by atoms with Crippen molar-refractivity contribution in [1.29, 1.82) is 0 Å². The molecule has 0 aliphatic heterocycles. The van der Waals surface area contributed by atoms with Crippen molar-refractivity contribution in [3.63, 3.8) is 0 Å². The number of hydrogen-bond acceptors (Lipinski definition) is 3. The Balaban J connectivity index is 2.43. The second-order valence-electron chi connectivity index (χ2n) is 4.00. The van der Waals surface area contributed by atoms with E-state index in [0.717, 1.165) is 17.9 Å². The summed E-state index contributed by atoms with van der Waals surface area (Å²) in [5.41, 5.74) is 0.984. The van der Waals surface area contributed by atoms with Gasteiger partial charge in [0.2, 0.25) is 0 Å². The number of nitrogens with one attached hydrogen (secondary N) is 1. The van der Waals surface area contributed by atoms with E-state index in [-0.39, 0.29) is 6.10 Å². The summed E-state index contributed by atoms with van der Waals surface area (Å²) in [6.45, 7) is 6.65. The van der Waals surface area contributed by atoms with Crippen LogP contribution in [0.3, 0.4) is 0 Å². The largest absolute Gasteiger partial charge is 0.391 e. The molecule has 15 heavy (non-hydrogen) atoms. The number of anilines is 1. The van der Waals surface area contributed by atoms with Crippen LogP contribution >= 0.6 is 0 Å². The molecule has 2 atom stereocenters. The van der Waals surface area contributed by atoms with E-state index in [4.69, 9.17) is 0 Å². The van der Waals surface area contributed by atoms with Crippen LogP contribution in [0.1, 0.15) is 26.0 Å². The summed E-state index contributed by atoms with van der Waals surface area (Å²) < 4.78 is 0. The van der Waals surface area contributed by atoms with Crippen molar-refractivity contribution in [3.05, 3.63) is 23.9 Å². The monoisotopic (exact) mass is 208 g/mol. The van der Waals surface area contributed by atoms with Gasteiger partial charge in [0, 0.05) is 12.2 Å². The second kappa shape index (κ2) is 5.71. The van der Waals surface area contributed by atoms with Crippen LogP contribution in [-0.2, 0) is 0 Å². The molecule has 0 fully saturated rings. The minimum absolute atomic E-state index is 0.308. The first-order chi connectivity index (χ1) is 7.13. The molecule has 1 rings (SSSR count). The summed E-state index contributed by atoms with van der Waals surface area (Å²) in [4.78, 5) is 4.31. The highest BCUT2D eigenvalue weighted by atomic mass is 16.3. The Hall–Kier alpha value is -1.09. The molecule has 1 heterocycles. The molecule has 0 radical (unpaired) electrons. The molecule has 0 spiro atoms. The van der Waals surface area contributed by atoms with Gasteiger partial charge in [0.25, 0.3) is 0 Å². The molecule has 3 heteroatoms. The Morgan fingerprint density at radius 3 is 2.80 bits per heavy atom. The van der Waals surface area contributed by atoms with Crippen molar-refractivity contribution in [3.8, 4) is 0 Å². The van der Waals surface area contributed by atoms with Gasteiger partial charge in [-0.2, -0.15) is 0 Å². The third-order valence-electron chi connectivity index (χ3n) is 2.68. The van der Waals surface area contributed by atoms with Crippen molar-refractivity contribution >= 4 is 5.82 Å². The van der Waals surface area contributed by atoms with Gasteiger partial charge in [0.05, 0.1) is 6.10 Å². The standard InChI is InChI=1S/C12H20N2O/c1-4-9(2)11(15)8-13-12-7-5-6-10(3)14-12/h5-7,9,11,15H,4,8H2,1-3H3,(H,13,14). The van der Waals surface area contributed by atoms with Crippen molar-refractivity contribution in [2.24, 2.45) is 5.92 Å². The van der Waals surface area contributed by atoms with Gasteiger partial charge in [-0.3, -0.25) is 0 Å². The zero-order chi connectivity index (χ0) is 11.3. The summed E-state index contributed by atoms with van der Waals surface area (Å²) in [7, 11) is 0. The van der Waals surface area contributed by atoms with Gasteiger partial charge in [-0.05, 0) is 25.0 Å². The van der Waals surface area contributed by atoms with E-state index in [9.17, 15) is 5.11 Å². The van der Waals surface area contributed by atoms with Gasteiger partial charge < -0.3 is 10.4 Å². The first-order valence-electron chi connectivity index (χ1n) is 5.49.